The number of carbonyl (C=O) groups excluding carboxylic acids is 2. The van der Waals surface area contributed by atoms with E-state index in [0.29, 0.717) is 48.0 Å². The Morgan fingerprint density at radius 3 is 2.83 bits per heavy atom. The number of fused-ring (bicyclic) bond motifs is 1. The number of aromatic nitrogens is 1. The predicted molar refractivity (Wildman–Crippen MR) is 108 cm³/mol. The Kier molecular flexibility index (Phi) is 5.67. The zero-order chi connectivity index (χ0) is 20.2. The number of rotatable bonds is 4. The lowest BCUT2D eigenvalue weighted by Crippen LogP contribution is -2.46. The van der Waals surface area contributed by atoms with Crippen molar-refractivity contribution in [2.45, 2.75) is 18.9 Å². The van der Waals surface area contributed by atoms with E-state index in [4.69, 9.17) is 21.1 Å². The van der Waals surface area contributed by atoms with Crippen LogP contribution in [-0.2, 0) is 4.79 Å². The number of amides is 2. The van der Waals surface area contributed by atoms with Crippen molar-refractivity contribution in [2.24, 2.45) is 0 Å². The van der Waals surface area contributed by atoms with Crippen molar-refractivity contribution in [3.8, 4) is 11.5 Å². The van der Waals surface area contributed by atoms with Gasteiger partial charge in [0, 0.05) is 37.6 Å². The molecule has 2 aromatic rings. The number of nitrogens with zero attached hydrogens (tertiary/aromatic N) is 2. The van der Waals surface area contributed by atoms with E-state index in [9.17, 15) is 9.59 Å². The van der Waals surface area contributed by atoms with Gasteiger partial charge in [-0.1, -0.05) is 11.6 Å². The molecule has 0 bridgehead atoms. The minimum absolute atomic E-state index is 0.0448. The van der Waals surface area contributed by atoms with Gasteiger partial charge in [-0.15, -0.1) is 0 Å². The number of hydrogen-bond donors (Lipinski definition) is 1. The van der Waals surface area contributed by atoms with Gasteiger partial charge in [-0.05, 0) is 48.7 Å². The second-order valence-corrected chi connectivity index (χ2v) is 7.29. The molecule has 0 radical (unpaired) electrons. The van der Waals surface area contributed by atoms with E-state index in [2.05, 4.69) is 10.3 Å². The van der Waals surface area contributed by atoms with Crippen molar-refractivity contribution in [1.82, 2.24) is 15.2 Å². The summed E-state index contributed by atoms with van der Waals surface area (Å²) in [4.78, 5) is 30.5. The molecule has 1 fully saturated rings. The van der Waals surface area contributed by atoms with Gasteiger partial charge in [0.05, 0.1) is 10.6 Å². The number of nitrogens with one attached hydrogen (secondary N) is 1. The topological polar surface area (TPSA) is 80.8 Å². The molecule has 1 aromatic carbocycles. The van der Waals surface area contributed by atoms with Crippen LogP contribution in [0.4, 0.5) is 0 Å². The van der Waals surface area contributed by atoms with E-state index in [-0.39, 0.29) is 24.6 Å². The molecule has 0 saturated carbocycles. The van der Waals surface area contributed by atoms with E-state index >= 15 is 0 Å². The highest BCUT2D eigenvalue weighted by Gasteiger charge is 2.23. The molecule has 2 aliphatic rings. The zero-order valence-corrected chi connectivity index (χ0v) is 16.4. The maximum Gasteiger partial charge on any atom is 0.253 e. The summed E-state index contributed by atoms with van der Waals surface area (Å²) >= 11 is 6.17. The van der Waals surface area contributed by atoms with Crippen molar-refractivity contribution < 1.29 is 19.1 Å². The molecule has 3 heterocycles. The molecule has 0 spiro atoms. The number of pyridine rings is 1. The normalized spacial score (nSPS) is 16.2. The van der Waals surface area contributed by atoms with Crippen LogP contribution in [0.1, 0.15) is 28.8 Å². The molecule has 2 aliphatic heterocycles. The fourth-order valence-corrected chi connectivity index (χ4v) is 3.64. The Morgan fingerprint density at radius 2 is 2.07 bits per heavy atom. The van der Waals surface area contributed by atoms with E-state index in [0.717, 1.165) is 5.56 Å². The molecular formula is C21H20ClN3O4. The van der Waals surface area contributed by atoms with Crippen LogP contribution >= 0.6 is 11.6 Å². The summed E-state index contributed by atoms with van der Waals surface area (Å²) in [5.74, 6) is 0.901. The summed E-state index contributed by atoms with van der Waals surface area (Å²) in [5, 5.41) is 3.46. The van der Waals surface area contributed by atoms with Gasteiger partial charge in [0.15, 0.2) is 11.5 Å². The molecule has 4 rings (SSSR count). The Labute approximate surface area is 173 Å². The van der Waals surface area contributed by atoms with E-state index < -0.39 is 0 Å². The lowest BCUT2D eigenvalue weighted by atomic mass is 10.0. The average molecular weight is 414 g/mol. The van der Waals surface area contributed by atoms with Crippen molar-refractivity contribution in [1.29, 1.82) is 0 Å². The van der Waals surface area contributed by atoms with E-state index in [1.807, 2.05) is 0 Å². The summed E-state index contributed by atoms with van der Waals surface area (Å²) < 4.78 is 10.6. The van der Waals surface area contributed by atoms with E-state index in [1.165, 1.54) is 6.08 Å². The van der Waals surface area contributed by atoms with Crippen molar-refractivity contribution >= 4 is 29.5 Å². The monoisotopic (exact) mass is 413 g/mol. The van der Waals surface area contributed by atoms with Crippen LogP contribution in [0.15, 0.2) is 42.7 Å². The Morgan fingerprint density at radius 1 is 1.24 bits per heavy atom. The van der Waals surface area contributed by atoms with Crippen LogP contribution in [-0.4, -0.2) is 47.6 Å². The van der Waals surface area contributed by atoms with Crippen LogP contribution in [0.5, 0.6) is 11.5 Å². The average Bonchev–Trinajstić information content (AvgIpc) is 3.22. The second kappa shape index (κ2) is 8.53. The largest absolute Gasteiger partial charge is 0.454 e. The fourth-order valence-electron chi connectivity index (χ4n) is 3.37. The summed E-state index contributed by atoms with van der Waals surface area (Å²) in [6.45, 7) is 1.32. The van der Waals surface area contributed by atoms with Gasteiger partial charge in [-0.2, -0.15) is 0 Å². The minimum Gasteiger partial charge on any atom is -0.454 e. The third kappa shape index (κ3) is 4.51. The molecular weight excluding hydrogens is 394 g/mol. The fraction of sp³-hybridized carbons (Fsp3) is 0.286. The van der Waals surface area contributed by atoms with Crippen molar-refractivity contribution in [3.05, 3.63) is 58.9 Å². The molecule has 1 saturated heterocycles. The first-order valence-electron chi connectivity index (χ1n) is 9.37. The van der Waals surface area contributed by atoms with Gasteiger partial charge >= 0.3 is 0 Å². The molecule has 7 nitrogen and oxygen atoms in total. The summed E-state index contributed by atoms with van der Waals surface area (Å²) in [6.07, 6.45) is 7.84. The number of piperidine rings is 1. The van der Waals surface area contributed by atoms with Crippen LogP contribution < -0.4 is 14.8 Å². The van der Waals surface area contributed by atoms with Crippen LogP contribution in [0.25, 0.3) is 6.08 Å². The number of carbonyl (C=O) groups is 2. The lowest BCUT2D eigenvalue weighted by Gasteiger charge is -2.31. The molecule has 1 aromatic heterocycles. The predicted octanol–water partition coefficient (Wildman–Crippen LogP) is 2.90. The molecule has 8 heteroatoms. The highest BCUT2D eigenvalue weighted by molar-refractivity contribution is 6.32. The maximum atomic E-state index is 12.5. The number of likely N-dealkylation sites (tertiary alicyclic amines) is 1. The Bertz CT molecular complexity index is 940. The van der Waals surface area contributed by atoms with Gasteiger partial charge in [0.1, 0.15) is 0 Å². The highest BCUT2D eigenvalue weighted by atomic mass is 35.5. The molecule has 0 unspecified atom stereocenters. The number of ether oxygens (including phenoxy) is 2. The number of benzene rings is 1. The van der Waals surface area contributed by atoms with Gasteiger partial charge in [-0.3, -0.25) is 14.6 Å². The van der Waals surface area contributed by atoms with Crippen LogP contribution in [0.3, 0.4) is 0 Å². The standard InChI is InChI=1S/C21H20ClN3O4/c22-17-10-14(11-18-20(17)29-13-28-18)3-4-19(26)25-8-5-16(6-9-25)24-21(27)15-2-1-7-23-12-15/h1-4,7,10-12,16H,5-6,8-9,13H2,(H,24,27). The number of hydrogen-bond acceptors (Lipinski definition) is 5. The summed E-state index contributed by atoms with van der Waals surface area (Å²) in [6, 6.07) is 7.03. The molecule has 150 valence electrons. The van der Waals surface area contributed by atoms with Crippen LogP contribution in [0, 0.1) is 0 Å². The second-order valence-electron chi connectivity index (χ2n) is 6.88. The van der Waals surface area contributed by atoms with E-state index in [1.54, 1.807) is 47.6 Å². The Hall–Kier alpha value is -3.06. The van der Waals surface area contributed by atoms with Gasteiger partial charge in [0.25, 0.3) is 5.91 Å². The highest BCUT2D eigenvalue weighted by Crippen LogP contribution is 2.40. The van der Waals surface area contributed by atoms with Crippen molar-refractivity contribution in [2.75, 3.05) is 19.9 Å². The van der Waals surface area contributed by atoms with Gasteiger partial charge in [-0.25, -0.2) is 0 Å². The summed E-state index contributed by atoms with van der Waals surface area (Å²) in [7, 11) is 0. The third-order valence-electron chi connectivity index (χ3n) is 4.93. The number of halogens is 1. The maximum absolute atomic E-state index is 12.5. The molecule has 1 N–H and O–H groups in total. The molecule has 0 aliphatic carbocycles. The zero-order valence-electron chi connectivity index (χ0n) is 15.6. The van der Waals surface area contributed by atoms with Crippen LogP contribution in [0.2, 0.25) is 5.02 Å². The van der Waals surface area contributed by atoms with Gasteiger partial charge in [0.2, 0.25) is 12.7 Å². The minimum atomic E-state index is -0.137. The van der Waals surface area contributed by atoms with Crippen molar-refractivity contribution in [3.63, 3.8) is 0 Å². The molecule has 29 heavy (non-hydrogen) atoms. The summed E-state index contributed by atoms with van der Waals surface area (Å²) in [5.41, 5.74) is 1.31. The third-order valence-corrected chi connectivity index (χ3v) is 5.21. The Balaban J connectivity index is 1.30. The molecule has 2 amide bonds. The molecule has 0 atom stereocenters. The van der Waals surface area contributed by atoms with Gasteiger partial charge < -0.3 is 19.7 Å². The first-order chi connectivity index (χ1) is 14.1. The quantitative estimate of drug-likeness (QED) is 0.779. The lowest BCUT2D eigenvalue weighted by molar-refractivity contribution is -0.126. The first-order valence-corrected chi connectivity index (χ1v) is 9.75. The smallest absolute Gasteiger partial charge is 0.253 e. The first kappa shape index (κ1) is 19.3. The SMILES string of the molecule is O=C(NC1CCN(C(=O)C=Cc2cc(Cl)c3c(c2)OCO3)CC1)c1cccnc1.